The van der Waals surface area contributed by atoms with Gasteiger partial charge in [0.2, 0.25) is 0 Å². The highest BCUT2D eigenvalue weighted by atomic mass is 79.9. The molecule has 144 valence electrons. The van der Waals surface area contributed by atoms with E-state index in [-0.39, 0.29) is 0 Å². The molecular weight excluding hydrogens is 498 g/mol. The molecule has 0 spiro atoms. The lowest BCUT2D eigenvalue weighted by Gasteiger charge is -2.12. The van der Waals surface area contributed by atoms with Gasteiger partial charge in [-0.1, -0.05) is 22.9 Å². The lowest BCUT2D eigenvalue weighted by molar-refractivity contribution is 1.13. The van der Waals surface area contributed by atoms with Crippen LogP contribution in [-0.4, -0.2) is 24.1 Å². The number of thiophene rings is 1. The van der Waals surface area contributed by atoms with Crippen molar-refractivity contribution in [3.05, 3.63) is 44.5 Å². The average Bonchev–Trinajstić information content (AvgIpc) is 3.35. The fraction of sp³-hybridized carbons (Fsp3) is 0.111. The third-order valence-corrected chi connectivity index (χ3v) is 8.36. The number of nitrogens with zero attached hydrogens (tertiary/aromatic N) is 3. The molecule has 0 saturated carbocycles. The standard InChI is InChI=1S/C18H15BrClN5S3/c1-25(2)10-5-3-9(4-6-10)22-18-24-16(21)14(28-18)17-23-12(8-26-17)13-7-11(19)15(20)27-13/h3-8H,21H2,1-2H3,(H,22,24). The molecule has 0 saturated heterocycles. The molecule has 10 heteroatoms. The molecule has 0 radical (unpaired) electrons. The van der Waals surface area contributed by atoms with E-state index >= 15 is 0 Å². The molecule has 4 aromatic rings. The summed E-state index contributed by atoms with van der Waals surface area (Å²) in [6.07, 6.45) is 0. The van der Waals surface area contributed by atoms with Gasteiger partial charge in [0.25, 0.3) is 0 Å². The lowest BCUT2D eigenvalue weighted by Crippen LogP contribution is -2.08. The number of rotatable bonds is 5. The Morgan fingerprint density at radius 1 is 1.14 bits per heavy atom. The Kier molecular flexibility index (Phi) is 5.62. The lowest BCUT2D eigenvalue weighted by atomic mass is 10.2. The van der Waals surface area contributed by atoms with Gasteiger partial charge < -0.3 is 16.0 Å². The summed E-state index contributed by atoms with van der Waals surface area (Å²) in [5, 5.41) is 6.91. The number of anilines is 4. The van der Waals surface area contributed by atoms with Crippen molar-refractivity contribution in [2.45, 2.75) is 0 Å². The molecule has 5 nitrogen and oxygen atoms in total. The van der Waals surface area contributed by atoms with Gasteiger partial charge in [0.15, 0.2) is 5.13 Å². The van der Waals surface area contributed by atoms with E-state index in [1.807, 2.05) is 37.7 Å². The fourth-order valence-electron chi connectivity index (χ4n) is 2.47. The van der Waals surface area contributed by atoms with Crippen LogP contribution in [0.25, 0.3) is 20.5 Å². The number of hydrogen-bond acceptors (Lipinski definition) is 8. The molecular formula is C18H15BrClN5S3. The predicted octanol–water partition coefficient (Wildman–Crippen LogP) is 6.80. The highest BCUT2D eigenvalue weighted by molar-refractivity contribution is 9.10. The molecule has 4 rings (SSSR count). The van der Waals surface area contributed by atoms with E-state index in [1.165, 1.54) is 22.7 Å². The molecule has 0 fully saturated rings. The number of nitrogens with one attached hydrogen (secondary N) is 1. The molecule has 0 aliphatic heterocycles. The van der Waals surface area contributed by atoms with Crippen LogP contribution in [0.3, 0.4) is 0 Å². The molecule has 3 heterocycles. The maximum absolute atomic E-state index is 6.16. The van der Waals surface area contributed by atoms with Crippen LogP contribution in [0, 0.1) is 0 Å². The first-order chi connectivity index (χ1) is 13.4. The second-order valence-electron chi connectivity index (χ2n) is 6.07. The van der Waals surface area contributed by atoms with Crippen molar-refractivity contribution in [1.29, 1.82) is 0 Å². The zero-order valence-corrected chi connectivity index (χ0v) is 19.7. The number of halogens is 2. The summed E-state index contributed by atoms with van der Waals surface area (Å²) < 4.78 is 1.60. The maximum Gasteiger partial charge on any atom is 0.189 e. The van der Waals surface area contributed by atoms with Crippen LogP contribution in [-0.2, 0) is 0 Å². The first-order valence-electron chi connectivity index (χ1n) is 8.12. The van der Waals surface area contributed by atoms with Crippen molar-refractivity contribution in [2.24, 2.45) is 0 Å². The van der Waals surface area contributed by atoms with E-state index in [9.17, 15) is 0 Å². The van der Waals surface area contributed by atoms with Crippen LogP contribution in [0.1, 0.15) is 0 Å². The summed E-state index contributed by atoms with van der Waals surface area (Å²) in [7, 11) is 4.03. The van der Waals surface area contributed by atoms with E-state index in [2.05, 4.69) is 43.3 Å². The quantitative estimate of drug-likeness (QED) is 0.308. The second-order valence-corrected chi connectivity index (χ2v) is 10.4. The minimum Gasteiger partial charge on any atom is -0.382 e. The minimum atomic E-state index is 0.476. The smallest absolute Gasteiger partial charge is 0.189 e. The van der Waals surface area contributed by atoms with Crippen molar-refractivity contribution in [3.63, 3.8) is 0 Å². The fourth-order valence-corrected chi connectivity index (χ4v) is 6.03. The molecule has 0 bridgehead atoms. The van der Waals surface area contributed by atoms with Gasteiger partial charge in [-0.05, 0) is 46.3 Å². The van der Waals surface area contributed by atoms with Crippen molar-refractivity contribution in [2.75, 3.05) is 30.0 Å². The van der Waals surface area contributed by atoms with Gasteiger partial charge in [0, 0.05) is 35.3 Å². The Morgan fingerprint density at radius 2 is 1.89 bits per heavy atom. The van der Waals surface area contributed by atoms with Gasteiger partial charge >= 0.3 is 0 Å². The van der Waals surface area contributed by atoms with E-state index in [0.717, 1.165) is 41.4 Å². The number of benzene rings is 1. The van der Waals surface area contributed by atoms with Gasteiger partial charge in [0.1, 0.15) is 20.0 Å². The zero-order valence-electron chi connectivity index (χ0n) is 14.9. The number of nitrogens with two attached hydrogens (primary N) is 1. The highest BCUT2D eigenvalue weighted by Gasteiger charge is 2.16. The Balaban J connectivity index is 1.56. The van der Waals surface area contributed by atoms with E-state index in [1.54, 1.807) is 11.3 Å². The largest absolute Gasteiger partial charge is 0.382 e. The molecule has 1 aromatic carbocycles. The molecule has 0 aliphatic carbocycles. The Labute approximate surface area is 188 Å². The van der Waals surface area contributed by atoms with E-state index in [0.29, 0.717) is 10.2 Å². The predicted molar refractivity (Wildman–Crippen MR) is 128 cm³/mol. The first-order valence-corrected chi connectivity index (χ1v) is 11.8. The third-order valence-electron chi connectivity index (χ3n) is 3.88. The topological polar surface area (TPSA) is 67.1 Å². The van der Waals surface area contributed by atoms with Gasteiger partial charge in [-0.25, -0.2) is 9.97 Å². The molecule has 28 heavy (non-hydrogen) atoms. The molecule has 0 unspecified atom stereocenters. The molecule has 3 aromatic heterocycles. The monoisotopic (exact) mass is 511 g/mol. The summed E-state index contributed by atoms with van der Waals surface area (Å²) in [6, 6.07) is 10.1. The van der Waals surface area contributed by atoms with E-state index in [4.69, 9.17) is 22.3 Å². The first kappa shape index (κ1) is 19.7. The summed E-state index contributed by atoms with van der Waals surface area (Å²) in [5.41, 5.74) is 9.15. The molecule has 0 atom stereocenters. The second kappa shape index (κ2) is 8.00. The Bertz CT molecular complexity index is 1100. The summed E-state index contributed by atoms with van der Waals surface area (Å²) in [4.78, 5) is 13.1. The number of nitrogen functional groups attached to an aromatic ring is 1. The number of hydrogen-bond donors (Lipinski definition) is 2. The Morgan fingerprint density at radius 3 is 2.54 bits per heavy atom. The number of thiazole rings is 2. The van der Waals surface area contributed by atoms with Crippen LogP contribution in [0.4, 0.5) is 22.3 Å². The SMILES string of the molecule is CN(C)c1ccc(Nc2nc(N)c(-c3nc(-c4cc(Br)c(Cl)s4)cs3)s2)cc1. The Hall–Kier alpha value is -1.65. The highest BCUT2D eigenvalue weighted by Crippen LogP contribution is 2.42. The van der Waals surface area contributed by atoms with Gasteiger partial charge in [-0.3, -0.25) is 0 Å². The van der Waals surface area contributed by atoms with Crippen LogP contribution in [0.2, 0.25) is 4.34 Å². The van der Waals surface area contributed by atoms with Crippen molar-refractivity contribution < 1.29 is 0 Å². The van der Waals surface area contributed by atoms with Crippen LogP contribution in [0.5, 0.6) is 0 Å². The summed E-state index contributed by atoms with van der Waals surface area (Å²) >= 11 is 14.1. The van der Waals surface area contributed by atoms with Gasteiger partial charge in [-0.2, -0.15) is 0 Å². The van der Waals surface area contributed by atoms with Gasteiger partial charge in [0.05, 0.1) is 10.6 Å². The molecule has 3 N–H and O–H groups in total. The van der Waals surface area contributed by atoms with Crippen LogP contribution in [0.15, 0.2) is 40.2 Å². The van der Waals surface area contributed by atoms with Crippen molar-refractivity contribution >= 4 is 83.9 Å². The van der Waals surface area contributed by atoms with Crippen molar-refractivity contribution in [1.82, 2.24) is 9.97 Å². The van der Waals surface area contributed by atoms with E-state index < -0.39 is 0 Å². The van der Waals surface area contributed by atoms with Crippen LogP contribution >= 0.6 is 61.5 Å². The summed E-state index contributed by atoms with van der Waals surface area (Å²) in [5.74, 6) is 0.476. The maximum atomic E-state index is 6.16. The minimum absolute atomic E-state index is 0.476. The van der Waals surface area contributed by atoms with Gasteiger partial charge in [-0.15, -0.1) is 22.7 Å². The summed E-state index contributed by atoms with van der Waals surface area (Å²) in [6.45, 7) is 0. The normalized spacial score (nSPS) is 11.0. The molecule has 0 amide bonds. The molecule has 0 aliphatic rings. The zero-order chi connectivity index (χ0) is 19.8. The average molecular weight is 513 g/mol. The van der Waals surface area contributed by atoms with Crippen molar-refractivity contribution in [3.8, 4) is 20.5 Å². The third kappa shape index (κ3) is 4.04. The van der Waals surface area contributed by atoms with Crippen LogP contribution < -0.4 is 16.0 Å². The number of aromatic nitrogens is 2.